The summed E-state index contributed by atoms with van der Waals surface area (Å²) < 4.78 is 15.3. The minimum absolute atomic E-state index is 0.0204. The maximum absolute atomic E-state index is 12.8. The Morgan fingerprint density at radius 3 is 2.13 bits per heavy atom. The number of carbonyl (C=O) groups is 5. The van der Waals surface area contributed by atoms with Crippen molar-refractivity contribution >= 4 is 69.7 Å². The number of esters is 2. The van der Waals surface area contributed by atoms with E-state index in [0.717, 1.165) is 16.7 Å². The van der Waals surface area contributed by atoms with Gasteiger partial charge in [0.25, 0.3) is 5.69 Å². The highest BCUT2D eigenvalue weighted by atomic mass is 35.5. The maximum atomic E-state index is 12.8. The van der Waals surface area contributed by atoms with Crippen LogP contribution in [0.1, 0.15) is 62.3 Å². The summed E-state index contributed by atoms with van der Waals surface area (Å²) in [5, 5.41) is 19.0. The minimum atomic E-state index is -0.892. The third-order valence-corrected chi connectivity index (χ3v) is 9.77. The molecule has 3 amide bonds. The molecule has 0 heterocycles. The summed E-state index contributed by atoms with van der Waals surface area (Å²) in [5.74, 6) is -2.20. The van der Waals surface area contributed by atoms with Crippen LogP contribution in [-0.4, -0.2) is 59.9 Å². The number of nitrogens with zero attached hydrogens (tertiary/aromatic N) is 2. The quantitative estimate of drug-likeness (QED) is 0.0260. The first-order chi connectivity index (χ1) is 29.8. The third kappa shape index (κ3) is 16.3. The molecular formula is C45H52ClN7O10. The summed E-state index contributed by atoms with van der Waals surface area (Å²) in [6.07, 6.45) is 2.20. The highest BCUT2D eigenvalue weighted by Gasteiger charge is 2.31. The lowest BCUT2D eigenvalue weighted by Crippen LogP contribution is -2.49. The van der Waals surface area contributed by atoms with Gasteiger partial charge in [-0.3, -0.25) is 24.5 Å². The molecule has 0 aromatic heterocycles. The van der Waals surface area contributed by atoms with Gasteiger partial charge in [0.1, 0.15) is 11.5 Å². The number of nitrogens with one attached hydrogen (secondary N) is 3. The van der Waals surface area contributed by atoms with E-state index in [9.17, 15) is 34.1 Å². The number of hydrogen-bond acceptors (Lipinski definition) is 12. The number of nitrogen functional groups attached to an aromatic ring is 2. The summed E-state index contributed by atoms with van der Waals surface area (Å²) in [6, 6.07) is 19.7. The molecule has 63 heavy (non-hydrogen) atoms. The number of hydrogen-bond donors (Lipinski definition) is 5. The van der Waals surface area contributed by atoms with Gasteiger partial charge < -0.3 is 41.6 Å². The normalized spacial score (nSPS) is 15.0. The van der Waals surface area contributed by atoms with Gasteiger partial charge in [-0.2, -0.15) is 0 Å². The Labute approximate surface area is 370 Å². The van der Waals surface area contributed by atoms with Crippen molar-refractivity contribution < 1.29 is 43.1 Å². The SMILES string of the molecule is CCOC(=O)C(=O)Nc1ccc(N)c(C)c1.Cc1cc(N)ccc1[N+](=O)[O-].[C-]#[N+]c1cc(Cl)cc(Oc2cc(CC(=O)NC3CCC(NC(=O)C(=O)OCC)CC3C)ccc2C)c1. The van der Waals surface area contributed by atoms with Crippen LogP contribution in [0.2, 0.25) is 5.02 Å². The summed E-state index contributed by atoms with van der Waals surface area (Å²) in [5.41, 5.74) is 16.3. The van der Waals surface area contributed by atoms with Gasteiger partial charge >= 0.3 is 23.8 Å². The molecule has 7 N–H and O–H groups in total. The van der Waals surface area contributed by atoms with E-state index in [4.69, 9.17) is 39.1 Å². The van der Waals surface area contributed by atoms with Crippen LogP contribution in [0.5, 0.6) is 11.5 Å². The fraction of sp³-hybridized carbons (Fsp3) is 0.333. The van der Waals surface area contributed by atoms with Crippen molar-refractivity contribution in [1.82, 2.24) is 10.6 Å². The number of anilines is 3. The van der Waals surface area contributed by atoms with Gasteiger partial charge in [0.05, 0.1) is 31.1 Å². The Hall–Kier alpha value is -7.19. The standard InChI is InChI=1S/C27H30ClN3O5.C11H14N2O3.C7H8N2O2/c1-5-35-27(34)26(33)30-20-8-9-23(17(3)10-20)31-25(32)12-18-7-6-16(2)24(11-18)36-22-14-19(28)13-21(15-22)29-4;1-3-16-11(15)10(14)13-8-4-5-9(12)7(2)6-8;1-5-4-6(8)2-3-7(5)9(10)11/h6-7,11,13-15,17,20,23H,5,8-10,12H2,1-3H3,(H,30,33)(H,31,32);4-6H,3,12H2,1-2H3,(H,13,14);2-4H,8H2,1H3. The lowest BCUT2D eigenvalue weighted by atomic mass is 9.82. The summed E-state index contributed by atoms with van der Waals surface area (Å²) in [6.45, 7) is 18.2. The summed E-state index contributed by atoms with van der Waals surface area (Å²) in [4.78, 5) is 71.8. The molecule has 4 aromatic rings. The van der Waals surface area contributed by atoms with Crippen LogP contribution in [0, 0.1) is 43.4 Å². The smallest absolute Gasteiger partial charge is 0.397 e. The molecule has 1 fully saturated rings. The average molecular weight is 886 g/mol. The van der Waals surface area contributed by atoms with Crippen molar-refractivity contribution in [2.75, 3.05) is 30.0 Å². The molecule has 3 unspecified atom stereocenters. The molecule has 0 saturated heterocycles. The van der Waals surface area contributed by atoms with Crippen LogP contribution in [0.4, 0.5) is 28.4 Å². The van der Waals surface area contributed by atoms with E-state index in [2.05, 4.69) is 25.5 Å². The molecule has 0 radical (unpaired) electrons. The van der Waals surface area contributed by atoms with Crippen molar-refractivity contribution in [3.63, 3.8) is 0 Å². The van der Waals surface area contributed by atoms with Crippen LogP contribution in [0.3, 0.4) is 0 Å². The Balaban J connectivity index is 0.000000318. The Morgan fingerprint density at radius 2 is 1.52 bits per heavy atom. The first-order valence-corrected chi connectivity index (χ1v) is 20.3. The molecule has 17 nitrogen and oxygen atoms in total. The van der Waals surface area contributed by atoms with E-state index in [0.29, 0.717) is 64.1 Å². The molecule has 4 aromatic carbocycles. The number of amides is 3. The van der Waals surface area contributed by atoms with Gasteiger partial charge in [0.2, 0.25) is 5.91 Å². The summed E-state index contributed by atoms with van der Waals surface area (Å²) in [7, 11) is 0. The lowest BCUT2D eigenvalue weighted by Gasteiger charge is -2.34. The Morgan fingerprint density at radius 1 is 0.841 bits per heavy atom. The highest BCUT2D eigenvalue weighted by molar-refractivity contribution is 6.37. The molecule has 334 valence electrons. The number of benzene rings is 4. The largest absolute Gasteiger partial charge is 0.459 e. The first kappa shape index (κ1) is 50.2. The number of ether oxygens (including phenoxy) is 3. The fourth-order valence-electron chi connectivity index (χ4n) is 6.30. The second-order valence-electron chi connectivity index (χ2n) is 14.5. The van der Waals surface area contributed by atoms with Crippen molar-refractivity contribution in [3.8, 4) is 11.5 Å². The Kier molecular flexibility index (Phi) is 19.4. The fourth-order valence-corrected chi connectivity index (χ4v) is 6.52. The molecule has 18 heteroatoms. The van der Waals surface area contributed by atoms with Crippen LogP contribution in [0.25, 0.3) is 4.85 Å². The van der Waals surface area contributed by atoms with Crippen molar-refractivity contribution in [2.24, 2.45) is 5.92 Å². The maximum Gasteiger partial charge on any atom is 0.397 e. The zero-order valence-electron chi connectivity index (χ0n) is 35.9. The highest BCUT2D eigenvalue weighted by Crippen LogP contribution is 2.32. The average Bonchev–Trinajstić information content (AvgIpc) is 3.21. The number of halogens is 1. The Bertz CT molecular complexity index is 2350. The molecule has 1 aliphatic rings. The number of nitro groups is 1. The molecule has 5 rings (SSSR count). The van der Waals surface area contributed by atoms with E-state index in [-0.39, 0.29) is 49.2 Å². The van der Waals surface area contributed by atoms with Crippen LogP contribution < -0.4 is 32.2 Å². The van der Waals surface area contributed by atoms with Crippen LogP contribution in [-0.2, 0) is 39.9 Å². The second kappa shape index (κ2) is 24.3. The van der Waals surface area contributed by atoms with Crippen LogP contribution in [0.15, 0.2) is 72.8 Å². The van der Waals surface area contributed by atoms with Crippen molar-refractivity contribution in [1.29, 1.82) is 0 Å². The molecule has 1 aliphatic carbocycles. The predicted octanol–water partition coefficient (Wildman–Crippen LogP) is 7.45. The molecule has 0 spiro atoms. The number of carbonyl (C=O) groups excluding carboxylic acids is 5. The molecule has 1 saturated carbocycles. The zero-order chi connectivity index (χ0) is 46.8. The van der Waals surface area contributed by atoms with Crippen molar-refractivity contribution in [2.45, 2.75) is 79.3 Å². The van der Waals surface area contributed by atoms with Gasteiger partial charge in [-0.25, -0.2) is 14.4 Å². The predicted molar refractivity (Wildman–Crippen MR) is 239 cm³/mol. The van der Waals surface area contributed by atoms with E-state index in [1.807, 2.05) is 39.0 Å². The molecular weight excluding hydrogens is 834 g/mol. The minimum Gasteiger partial charge on any atom is -0.459 e. The van der Waals surface area contributed by atoms with Gasteiger partial charge in [-0.1, -0.05) is 30.7 Å². The van der Waals surface area contributed by atoms with Crippen LogP contribution >= 0.6 is 11.6 Å². The number of aryl methyl sites for hydroxylation is 3. The molecule has 3 atom stereocenters. The topological polar surface area (TPSA) is 249 Å². The van der Waals surface area contributed by atoms with Crippen molar-refractivity contribution in [3.05, 3.63) is 122 Å². The van der Waals surface area contributed by atoms with E-state index >= 15 is 0 Å². The monoisotopic (exact) mass is 885 g/mol. The number of rotatable bonds is 10. The van der Waals surface area contributed by atoms with E-state index < -0.39 is 28.7 Å². The van der Waals surface area contributed by atoms with Gasteiger partial charge in [0.15, 0.2) is 5.69 Å². The van der Waals surface area contributed by atoms with Gasteiger partial charge in [-0.05, 0) is 131 Å². The first-order valence-electron chi connectivity index (χ1n) is 19.9. The lowest BCUT2D eigenvalue weighted by molar-refractivity contribution is -0.385. The van der Waals surface area contributed by atoms with Gasteiger partial charge in [0, 0.05) is 45.8 Å². The number of nitrogens with two attached hydrogens (primary N) is 2. The zero-order valence-corrected chi connectivity index (χ0v) is 36.7. The van der Waals surface area contributed by atoms with E-state index in [1.165, 1.54) is 12.1 Å². The van der Waals surface area contributed by atoms with E-state index in [1.54, 1.807) is 63.2 Å². The third-order valence-electron chi connectivity index (χ3n) is 9.55. The molecule has 0 aliphatic heterocycles. The second-order valence-corrected chi connectivity index (χ2v) is 15.0. The summed E-state index contributed by atoms with van der Waals surface area (Å²) >= 11 is 6.08. The number of nitro benzene ring substituents is 1. The van der Waals surface area contributed by atoms with Gasteiger partial charge in [-0.15, -0.1) is 0 Å². The molecule has 0 bridgehead atoms.